The van der Waals surface area contributed by atoms with Gasteiger partial charge in [-0.2, -0.15) is 0 Å². The maximum atomic E-state index is 8.93. The van der Waals surface area contributed by atoms with Crippen molar-refractivity contribution in [1.29, 1.82) is 0 Å². The second-order valence-corrected chi connectivity index (χ2v) is 5.56. The molecule has 1 aliphatic rings. The zero-order chi connectivity index (χ0) is 15.6. The zero-order valence-corrected chi connectivity index (χ0v) is 13.4. The number of aliphatic imine (C=N–C) groups is 1. The Labute approximate surface area is 133 Å². The molecule has 0 aromatic heterocycles. The van der Waals surface area contributed by atoms with E-state index in [0.717, 1.165) is 38.6 Å². The van der Waals surface area contributed by atoms with Crippen LogP contribution in [0.25, 0.3) is 0 Å². The third kappa shape index (κ3) is 5.31. The van der Waals surface area contributed by atoms with Gasteiger partial charge in [-0.3, -0.25) is 4.99 Å². The van der Waals surface area contributed by atoms with Gasteiger partial charge in [0.15, 0.2) is 5.96 Å². The molecule has 1 aliphatic heterocycles. The molecule has 0 bridgehead atoms. The van der Waals surface area contributed by atoms with Gasteiger partial charge in [0.2, 0.25) is 0 Å². The average Bonchev–Trinajstić information content (AvgIpc) is 3.01. The zero-order valence-electron chi connectivity index (χ0n) is 13.4. The summed E-state index contributed by atoms with van der Waals surface area (Å²) in [6.45, 7) is 6.87. The molecule has 1 aromatic rings. The van der Waals surface area contributed by atoms with Crippen LogP contribution in [0.3, 0.4) is 0 Å². The first-order valence-electron chi connectivity index (χ1n) is 8.09. The molecule has 0 saturated carbocycles. The monoisotopic (exact) mass is 305 g/mol. The highest BCUT2D eigenvalue weighted by Crippen LogP contribution is 2.17. The fourth-order valence-corrected chi connectivity index (χ4v) is 2.66. The number of nitrogens with one attached hydrogen (secondary N) is 1. The molecule has 5 nitrogen and oxygen atoms in total. The van der Waals surface area contributed by atoms with Gasteiger partial charge in [0, 0.05) is 25.6 Å². The second kappa shape index (κ2) is 9.43. The van der Waals surface area contributed by atoms with Crippen molar-refractivity contribution < 1.29 is 9.84 Å². The van der Waals surface area contributed by atoms with Gasteiger partial charge in [-0.25, -0.2) is 0 Å². The fraction of sp³-hybridized carbons (Fsp3) is 0.588. The van der Waals surface area contributed by atoms with Crippen molar-refractivity contribution >= 4 is 5.96 Å². The lowest BCUT2D eigenvalue weighted by Crippen LogP contribution is -2.40. The second-order valence-electron chi connectivity index (χ2n) is 5.56. The predicted molar refractivity (Wildman–Crippen MR) is 88.8 cm³/mol. The normalized spacial score (nSPS) is 18.7. The summed E-state index contributed by atoms with van der Waals surface area (Å²) in [5.74, 6) is 1.45. The van der Waals surface area contributed by atoms with Crippen molar-refractivity contribution in [3.63, 3.8) is 0 Å². The predicted octanol–water partition coefficient (Wildman–Crippen LogP) is 1.48. The summed E-state index contributed by atoms with van der Waals surface area (Å²) < 4.78 is 5.85. The first kappa shape index (κ1) is 16.8. The van der Waals surface area contributed by atoms with Crippen LogP contribution in [0, 0.1) is 5.92 Å². The number of rotatable bonds is 7. The molecule has 2 rings (SSSR count). The van der Waals surface area contributed by atoms with Crippen LogP contribution < -0.4 is 5.32 Å². The lowest BCUT2D eigenvalue weighted by Gasteiger charge is -2.21. The Kier molecular flexibility index (Phi) is 7.19. The highest BCUT2D eigenvalue weighted by atomic mass is 16.5. The van der Waals surface area contributed by atoms with E-state index in [-0.39, 0.29) is 6.61 Å². The maximum Gasteiger partial charge on any atom is 0.194 e. The average molecular weight is 305 g/mol. The number of ether oxygens (including phenoxy) is 1. The van der Waals surface area contributed by atoms with Crippen LogP contribution in [0.1, 0.15) is 18.9 Å². The third-order valence-corrected chi connectivity index (χ3v) is 3.75. The Morgan fingerprint density at radius 1 is 1.41 bits per heavy atom. The number of benzene rings is 1. The number of hydrogen-bond acceptors (Lipinski definition) is 3. The number of likely N-dealkylation sites (tertiary alicyclic amines) is 1. The molecule has 1 heterocycles. The first-order chi connectivity index (χ1) is 10.8. The summed E-state index contributed by atoms with van der Waals surface area (Å²) in [6, 6.07) is 10.3. The quantitative estimate of drug-likeness (QED) is 0.592. The molecule has 2 N–H and O–H groups in total. The summed E-state index contributed by atoms with van der Waals surface area (Å²) in [5, 5.41) is 12.2. The van der Waals surface area contributed by atoms with E-state index in [1.54, 1.807) is 0 Å². The third-order valence-electron chi connectivity index (χ3n) is 3.75. The van der Waals surface area contributed by atoms with Crippen molar-refractivity contribution in [2.45, 2.75) is 20.0 Å². The van der Waals surface area contributed by atoms with Crippen LogP contribution in [0.5, 0.6) is 0 Å². The smallest absolute Gasteiger partial charge is 0.194 e. The van der Waals surface area contributed by atoms with Crippen molar-refractivity contribution in [1.82, 2.24) is 10.2 Å². The molecule has 1 fully saturated rings. The molecular formula is C17H27N3O2. The number of guanidine groups is 1. The van der Waals surface area contributed by atoms with Gasteiger partial charge in [0.1, 0.15) is 0 Å². The molecule has 1 aromatic carbocycles. The van der Waals surface area contributed by atoms with Gasteiger partial charge in [-0.15, -0.1) is 0 Å². The van der Waals surface area contributed by atoms with Gasteiger partial charge in [0.05, 0.1) is 26.4 Å². The summed E-state index contributed by atoms with van der Waals surface area (Å²) >= 11 is 0. The molecule has 22 heavy (non-hydrogen) atoms. The first-order valence-corrected chi connectivity index (χ1v) is 8.09. The van der Waals surface area contributed by atoms with Gasteiger partial charge in [0.25, 0.3) is 0 Å². The van der Waals surface area contributed by atoms with E-state index in [1.165, 1.54) is 5.56 Å². The Bertz CT molecular complexity index is 450. The molecular weight excluding hydrogens is 278 g/mol. The minimum Gasteiger partial charge on any atom is -0.394 e. The summed E-state index contributed by atoms with van der Waals surface area (Å²) in [7, 11) is 0. The van der Waals surface area contributed by atoms with E-state index >= 15 is 0 Å². The molecule has 122 valence electrons. The van der Waals surface area contributed by atoms with Gasteiger partial charge >= 0.3 is 0 Å². The van der Waals surface area contributed by atoms with Gasteiger partial charge in [-0.05, 0) is 18.9 Å². The number of nitrogens with zero attached hydrogens (tertiary/aromatic N) is 2. The standard InChI is InChI=1S/C17H27N3O2/c1-2-18-17(19-9-11-21)20-10-8-16(12-20)14-22-13-15-6-4-3-5-7-15/h3-7,16,21H,2,8-14H2,1H3,(H,18,19). The molecule has 5 heteroatoms. The lowest BCUT2D eigenvalue weighted by molar-refractivity contribution is 0.0906. The van der Waals surface area contributed by atoms with Gasteiger partial charge in [-0.1, -0.05) is 30.3 Å². The van der Waals surface area contributed by atoms with Crippen LogP contribution in [0.2, 0.25) is 0 Å². The van der Waals surface area contributed by atoms with Crippen molar-refractivity contribution in [3.05, 3.63) is 35.9 Å². The molecule has 0 spiro atoms. The fourth-order valence-electron chi connectivity index (χ4n) is 2.66. The molecule has 1 saturated heterocycles. The number of aliphatic hydroxyl groups is 1. The van der Waals surface area contributed by atoms with E-state index in [9.17, 15) is 0 Å². The Morgan fingerprint density at radius 2 is 2.23 bits per heavy atom. The van der Waals surface area contributed by atoms with Crippen molar-refractivity contribution in [2.75, 3.05) is 39.4 Å². The summed E-state index contributed by atoms with van der Waals surface area (Å²) in [6.07, 6.45) is 1.12. The van der Waals surface area contributed by atoms with Crippen LogP contribution in [-0.2, 0) is 11.3 Å². The number of hydrogen-bond donors (Lipinski definition) is 2. The van der Waals surface area contributed by atoms with Crippen LogP contribution in [-0.4, -0.2) is 55.4 Å². The highest BCUT2D eigenvalue weighted by Gasteiger charge is 2.24. The van der Waals surface area contributed by atoms with Crippen molar-refractivity contribution in [3.8, 4) is 0 Å². The van der Waals surface area contributed by atoms with E-state index in [0.29, 0.717) is 19.1 Å². The SMILES string of the molecule is CCNC(=NCCO)N1CCC(COCc2ccccc2)C1. The molecule has 0 amide bonds. The minimum atomic E-state index is 0.0896. The lowest BCUT2D eigenvalue weighted by atomic mass is 10.1. The van der Waals surface area contributed by atoms with E-state index in [2.05, 4.69) is 34.3 Å². The molecule has 1 atom stereocenters. The topological polar surface area (TPSA) is 57.1 Å². The van der Waals surface area contributed by atoms with Crippen LogP contribution in [0.4, 0.5) is 0 Å². The highest BCUT2D eigenvalue weighted by molar-refractivity contribution is 5.80. The Hall–Kier alpha value is -1.59. The van der Waals surface area contributed by atoms with E-state index in [4.69, 9.17) is 9.84 Å². The van der Waals surface area contributed by atoms with E-state index in [1.807, 2.05) is 18.2 Å². The number of aliphatic hydroxyl groups excluding tert-OH is 1. The van der Waals surface area contributed by atoms with Crippen LogP contribution >= 0.6 is 0 Å². The van der Waals surface area contributed by atoms with Gasteiger partial charge < -0.3 is 20.1 Å². The molecule has 1 unspecified atom stereocenters. The molecule has 0 radical (unpaired) electrons. The van der Waals surface area contributed by atoms with Crippen molar-refractivity contribution in [2.24, 2.45) is 10.9 Å². The largest absolute Gasteiger partial charge is 0.394 e. The van der Waals surface area contributed by atoms with Crippen LogP contribution in [0.15, 0.2) is 35.3 Å². The summed E-state index contributed by atoms with van der Waals surface area (Å²) in [4.78, 5) is 6.68. The molecule has 0 aliphatic carbocycles. The maximum absolute atomic E-state index is 8.93. The Balaban J connectivity index is 1.74. The summed E-state index contributed by atoms with van der Waals surface area (Å²) in [5.41, 5.74) is 1.22. The minimum absolute atomic E-state index is 0.0896. The Morgan fingerprint density at radius 3 is 2.95 bits per heavy atom. The van der Waals surface area contributed by atoms with E-state index < -0.39 is 0 Å².